The fraction of sp³-hybridized carbons (Fsp3) is 0.391. The third-order valence-corrected chi connectivity index (χ3v) is 7.75. The Hall–Kier alpha value is -2.42. The highest BCUT2D eigenvalue weighted by Gasteiger charge is 2.32. The van der Waals surface area contributed by atoms with E-state index < -0.39 is 16.1 Å². The number of piperidine rings is 1. The predicted octanol–water partition coefficient (Wildman–Crippen LogP) is 2.60. The Bertz CT molecular complexity index is 1020. The monoisotopic (exact) mass is 477 g/mol. The van der Waals surface area contributed by atoms with Crippen LogP contribution in [-0.4, -0.2) is 50.2 Å². The largest absolute Gasteiger partial charge is 0.354 e. The molecule has 1 aliphatic rings. The van der Waals surface area contributed by atoms with Crippen LogP contribution in [0.3, 0.4) is 0 Å². The molecule has 2 N–H and O–H groups in total. The third kappa shape index (κ3) is 6.31. The maximum atomic E-state index is 12.7. The lowest BCUT2D eigenvalue weighted by molar-refractivity contribution is -0.131. The van der Waals surface area contributed by atoms with Gasteiger partial charge in [-0.1, -0.05) is 41.9 Å². The van der Waals surface area contributed by atoms with Crippen LogP contribution in [0.2, 0.25) is 5.02 Å². The van der Waals surface area contributed by atoms with Gasteiger partial charge < -0.3 is 10.6 Å². The van der Waals surface area contributed by atoms with E-state index in [0.29, 0.717) is 30.8 Å². The van der Waals surface area contributed by atoms with Gasteiger partial charge in [0.05, 0.1) is 4.90 Å². The number of nitrogens with zero attached hydrogens (tertiary/aromatic N) is 1. The molecule has 0 spiro atoms. The molecule has 1 aliphatic heterocycles. The molecule has 0 saturated carbocycles. The first-order valence-corrected chi connectivity index (χ1v) is 12.5. The summed E-state index contributed by atoms with van der Waals surface area (Å²) in [6.45, 7) is 2.65. The fourth-order valence-corrected chi connectivity index (χ4v) is 5.25. The van der Waals surface area contributed by atoms with Gasteiger partial charge in [0, 0.05) is 30.6 Å². The SMILES string of the molecule is C[C@H](NC(=O)C1CCN(S(=O)(=O)c2ccccc2)CC1)C(=O)NCCc1ccc(Cl)cc1. The van der Waals surface area contributed by atoms with E-state index in [1.54, 1.807) is 49.4 Å². The molecule has 7 nitrogen and oxygen atoms in total. The van der Waals surface area contributed by atoms with Crippen molar-refractivity contribution in [2.45, 2.75) is 37.1 Å². The molecule has 1 heterocycles. The topological polar surface area (TPSA) is 95.6 Å². The van der Waals surface area contributed by atoms with Crippen molar-refractivity contribution in [3.8, 4) is 0 Å². The van der Waals surface area contributed by atoms with E-state index in [1.807, 2.05) is 12.1 Å². The van der Waals surface area contributed by atoms with E-state index in [1.165, 1.54) is 4.31 Å². The average molecular weight is 478 g/mol. The Morgan fingerprint density at radius 1 is 1.06 bits per heavy atom. The number of nitrogens with one attached hydrogen (secondary N) is 2. The Kier molecular flexibility index (Phi) is 8.28. The van der Waals surface area contributed by atoms with Gasteiger partial charge in [-0.15, -0.1) is 0 Å². The number of rotatable bonds is 8. The van der Waals surface area contributed by atoms with Crippen molar-refractivity contribution in [1.82, 2.24) is 14.9 Å². The van der Waals surface area contributed by atoms with Crippen LogP contribution in [0.5, 0.6) is 0 Å². The summed E-state index contributed by atoms with van der Waals surface area (Å²) in [5.41, 5.74) is 1.06. The zero-order chi connectivity index (χ0) is 23.1. The summed E-state index contributed by atoms with van der Waals surface area (Å²) in [5, 5.41) is 6.24. The van der Waals surface area contributed by atoms with Crippen LogP contribution in [0.4, 0.5) is 0 Å². The molecule has 2 aromatic carbocycles. The van der Waals surface area contributed by atoms with Gasteiger partial charge in [0.2, 0.25) is 21.8 Å². The van der Waals surface area contributed by atoms with E-state index in [4.69, 9.17) is 11.6 Å². The van der Waals surface area contributed by atoms with Crippen molar-refractivity contribution < 1.29 is 18.0 Å². The molecule has 0 aliphatic carbocycles. The molecule has 0 aromatic heterocycles. The molecule has 172 valence electrons. The van der Waals surface area contributed by atoms with Crippen molar-refractivity contribution in [2.24, 2.45) is 5.92 Å². The van der Waals surface area contributed by atoms with Crippen molar-refractivity contribution in [3.63, 3.8) is 0 Å². The molecular weight excluding hydrogens is 450 g/mol. The molecule has 2 amide bonds. The lowest BCUT2D eigenvalue weighted by Crippen LogP contribution is -2.49. The Morgan fingerprint density at radius 2 is 1.69 bits per heavy atom. The molecule has 2 aromatic rings. The van der Waals surface area contributed by atoms with Crippen LogP contribution < -0.4 is 10.6 Å². The Morgan fingerprint density at radius 3 is 2.31 bits per heavy atom. The van der Waals surface area contributed by atoms with Crippen LogP contribution in [0.1, 0.15) is 25.3 Å². The van der Waals surface area contributed by atoms with Crippen molar-refractivity contribution in [1.29, 1.82) is 0 Å². The van der Waals surface area contributed by atoms with Gasteiger partial charge in [-0.25, -0.2) is 8.42 Å². The van der Waals surface area contributed by atoms with Gasteiger partial charge in [0.1, 0.15) is 6.04 Å². The maximum absolute atomic E-state index is 12.7. The van der Waals surface area contributed by atoms with Gasteiger partial charge in [-0.3, -0.25) is 9.59 Å². The number of halogens is 1. The summed E-state index contributed by atoms with van der Waals surface area (Å²) in [6.07, 6.45) is 1.50. The van der Waals surface area contributed by atoms with Gasteiger partial charge in [-0.2, -0.15) is 4.31 Å². The molecule has 0 radical (unpaired) electrons. The number of hydrogen-bond donors (Lipinski definition) is 2. The normalized spacial score (nSPS) is 16.3. The summed E-state index contributed by atoms with van der Waals surface area (Å²) in [7, 11) is -3.55. The number of carbonyl (C=O) groups is 2. The summed E-state index contributed by atoms with van der Waals surface area (Å²) in [6, 6.07) is 15.0. The van der Waals surface area contributed by atoms with Gasteiger partial charge >= 0.3 is 0 Å². The van der Waals surface area contributed by atoms with Crippen LogP contribution in [0.15, 0.2) is 59.5 Å². The zero-order valence-electron chi connectivity index (χ0n) is 18.0. The maximum Gasteiger partial charge on any atom is 0.243 e. The number of amides is 2. The highest BCUT2D eigenvalue weighted by atomic mass is 35.5. The molecule has 3 rings (SSSR count). The highest BCUT2D eigenvalue weighted by Crippen LogP contribution is 2.24. The average Bonchev–Trinajstić information content (AvgIpc) is 2.81. The van der Waals surface area contributed by atoms with Crippen LogP contribution in [0.25, 0.3) is 0 Å². The van der Waals surface area contributed by atoms with Gasteiger partial charge in [0.25, 0.3) is 0 Å². The molecule has 9 heteroatoms. The van der Waals surface area contributed by atoms with E-state index in [0.717, 1.165) is 5.56 Å². The van der Waals surface area contributed by atoms with Crippen molar-refractivity contribution >= 4 is 33.4 Å². The van der Waals surface area contributed by atoms with E-state index in [-0.39, 0.29) is 35.7 Å². The van der Waals surface area contributed by atoms with Gasteiger partial charge in [0.15, 0.2) is 0 Å². The molecule has 0 bridgehead atoms. The second-order valence-electron chi connectivity index (χ2n) is 7.89. The summed E-state index contributed by atoms with van der Waals surface area (Å²) in [4.78, 5) is 25.2. The minimum atomic E-state index is -3.55. The first kappa shape index (κ1) is 24.2. The standard InChI is InChI=1S/C23H28ClN3O4S/c1-17(22(28)25-14-11-18-7-9-20(24)10-8-18)26-23(29)19-12-15-27(16-13-19)32(30,31)21-5-3-2-4-6-21/h2-10,17,19H,11-16H2,1H3,(H,25,28)(H,26,29)/t17-/m0/s1. The second-order valence-corrected chi connectivity index (χ2v) is 10.3. The van der Waals surface area contributed by atoms with Crippen LogP contribution >= 0.6 is 11.6 Å². The third-order valence-electron chi connectivity index (χ3n) is 5.58. The summed E-state index contributed by atoms with van der Waals surface area (Å²) >= 11 is 5.87. The molecule has 1 saturated heterocycles. The van der Waals surface area contributed by atoms with Crippen LogP contribution in [0, 0.1) is 5.92 Å². The number of benzene rings is 2. The minimum absolute atomic E-state index is 0.220. The molecule has 32 heavy (non-hydrogen) atoms. The molecule has 1 atom stereocenters. The first-order chi connectivity index (χ1) is 15.3. The summed E-state index contributed by atoms with van der Waals surface area (Å²) < 4.78 is 26.8. The lowest BCUT2D eigenvalue weighted by Gasteiger charge is -2.31. The molecule has 1 fully saturated rings. The minimum Gasteiger partial charge on any atom is -0.354 e. The number of sulfonamides is 1. The Labute approximate surface area is 194 Å². The van der Waals surface area contributed by atoms with E-state index in [2.05, 4.69) is 10.6 Å². The van der Waals surface area contributed by atoms with Crippen LogP contribution in [-0.2, 0) is 26.0 Å². The lowest BCUT2D eigenvalue weighted by atomic mass is 9.97. The molecule has 0 unspecified atom stereocenters. The fourth-order valence-electron chi connectivity index (χ4n) is 3.63. The summed E-state index contributed by atoms with van der Waals surface area (Å²) in [5.74, 6) is -0.792. The van der Waals surface area contributed by atoms with Crippen molar-refractivity contribution in [2.75, 3.05) is 19.6 Å². The smallest absolute Gasteiger partial charge is 0.243 e. The van der Waals surface area contributed by atoms with Crippen molar-refractivity contribution in [3.05, 3.63) is 65.2 Å². The molecular formula is C23H28ClN3O4S. The second kappa shape index (κ2) is 10.9. The van der Waals surface area contributed by atoms with E-state index >= 15 is 0 Å². The zero-order valence-corrected chi connectivity index (χ0v) is 19.5. The first-order valence-electron chi connectivity index (χ1n) is 10.6. The van der Waals surface area contributed by atoms with E-state index in [9.17, 15) is 18.0 Å². The number of carbonyl (C=O) groups excluding carboxylic acids is 2. The quantitative estimate of drug-likeness (QED) is 0.611. The predicted molar refractivity (Wildman–Crippen MR) is 124 cm³/mol. The van der Waals surface area contributed by atoms with Gasteiger partial charge in [-0.05, 0) is 56.0 Å². The number of hydrogen-bond acceptors (Lipinski definition) is 4. The Balaban J connectivity index is 1.42. The highest BCUT2D eigenvalue weighted by molar-refractivity contribution is 7.89.